The van der Waals surface area contributed by atoms with E-state index in [1.807, 2.05) is 4.90 Å². The number of nitrogens with zero attached hydrogens (tertiary/aromatic N) is 2. The molecule has 1 aromatic carbocycles. The molecule has 7 heteroatoms. The molecule has 1 saturated heterocycles. The maximum atomic E-state index is 11.2. The minimum Gasteiger partial charge on any atom is -0.490 e. The van der Waals surface area contributed by atoms with Gasteiger partial charge in [-0.1, -0.05) is 0 Å². The van der Waals surface area contributed by atoms with Crippen LogP contribution in [-0.2, 0) is 4.79 Å². The van der Waals surface area contributed by atoms with Gasteiger partial charge in [0.15, 0.2) is 5.75 Å². The summed E-state index contributed by atoms with van der Waals surface area (Å²) in [7, 11) is 1.39. The van der Waals surface area contributed by atoms with Crippen molar-refractivity contribution in [1.29, 1.82) is 0 Å². The number of nitro groups is 1. The maximum Gasteiger partial charge on any atom is 0.311 e. The number of carboxylic acids is 1. The zero-order valence-corrected chi connectivity index (χ0v) is 12.0. The Hall–Kier alpha value is -2.31. The average Bonchev–Trinajstić information content (AvgIpc) is 2.47. The van der Waals surface area contributed by atoms with Gasteiger partial charge >= 0.3 is 11.7 Å². The van der Waals surface area contributed by atoms with Crippen LogP contribution in [0.1, 0.15) is 19.8 Å². The predicted octanol–water partition coefficient (Wildman–Crippen LogP) is 2.29. The van der Waals surface area contributed by atoms with E-state index >= 15 is 0 Å². The van der Waals surface area contributed by atoms with Gasteiger partial charge in [-0.2, -0.15) is 0 Å². The summed E-state index contributed by atoms with van der Waals surface area (Å²) < 4.78 is 5.05. The summed E-state index contributed by atoms with van der Waals surface area (Å²) in [6.07, 6.45) is 1.09. The summed E-state index contributed by atoms with van der Waals surface area (Å²) in [5.41, 5.74) is 0.0417. The molecule has 7 nitrogen and oxygen atoms in total. The third-order valence-corrected chi connectivity index (χ3v) is 4.11. The van der Waals surface area contributed by atoms with Crippen LogP contribution < -0.4 is 9.64 Å². The summed E-state index contributed by atoms with van der Waals surface area (Å²) in [6, 6.07) is 4.71. The van der Waals surface area contributed by atoms with Gasteiger partial charge in [-0.25, -0.2) is 0 Å². The Bertz CT molecular complexity index is 564. The predicted molar refractivity (Wildman–Crippen MR) is 76.8 cm³/mol. The van der Waals surface area contributed by atoms with Crippen molar-refractivity contribution >= 4 is 17.3 Å². The van der Waals surface area contributed by atoms with E-state index in [9.17, 15) is 20.0 Å². The van der Waals surface area contributed by atoms with Crippen LogP contribution in [0.5, 0.6) is 5.75 Å². The van der Waals surface area contributed by atoms with E-state index in [0.717, 1.165) is 5.69 Å². The number of benzene rings is 1. The molecule has 0 unspecified atom stereocenters. The molecule has 1 heterocycles. The fourth-order valence-electron chi connectivity index (χ4n) is 2.49. The van der Waals surface area contributed by atoms with Gasteiger partial charge in [-0.05, 0) is 25.8 Å². The van der Waals surface area contributed by atoms with Crippen molar-refractivity contribution in [3.05, 3.63) is 28.3 Å². The molecule has 0 atom stereocenters. The Balaban J connectivity index is 2.17. The molecule has 0 saturated carbocycles. The molecule has 1 fully saturated rings. The highest BCUT2D eigenvalue weighted by Gasteiger charge is 2.37. The molecule has 0 bridgehead atoms. The number of nitro benzene ring substituents is 1. The van der Waals surface area contributed by atoms with Gasteiger partial charge in [-0.15, -0.1) is 0 Å². The second kappa shape index (κ2) is 5.59. The minimum absolute atomic E-state index is 0.0753. The summed E-state index contributed by atoms with van der Waals surface area (Å²) in [5, 5.41) is 20.1. The normalized spacial score (nSPS) is 17.3. The minimum atomic E-state index is -0.775. The molecule has 1 aromatic rings. The standard InChI is InChI=1S/C14H18N2O5/c1-14(13(17)18)5-7-15(8-6-14)10-3-4-11(16(19)20)12(9-10)21-2/h3-4,9H,5-8H2,1-2H3,(H,17,18). The van der Waals surface area contributed by atoms with Gasteiger partial charge in [0.05, 0.1) is 17.4 Å². The van der Waals surface area contributed by atoms with E-state index in [0.29, 0.717) is 25.9 Å². The third kappa shape index (κ3) is 2.91. The van der Waals surface area contributed by atoms with Crippen molar-refractivity contribution in [3.63, 3.8) is 0 Å². The van der Waals surface area contributed by atoms with Crippen molar-refractivity contribution < 1.29 is 19.6 Å². The number of hydrogen-bond donors (Lipinski definition) is 1. The zero-order chi connectivity index (χ0) is 15.6. The van der Waals surface area contributed by atoms with Gasteiger partial charge in [-0.3, -0.25) is 14.9 Å². The van der Waals surface area contributed by atoms with Crippen LogP contribution in [0.2, 0.25) is 0 Å². The molecule has 0 radical (unpaired) electrons. The zero-order valence-electron chi connectivity index (χ0n) is 12.0. The Morgan fingerprint density at radius 3 is 2.52 bits per heavy atom. The highest BCUT2D eigenvalue weighted by molar-refractivity contribution is 5.74. The number of anilines is 1. The van der Waals surface area contributed by atoms with Crippen LogP contribution in [0.4, 0.5) is 11.4 Å². The lowest BCUT2D eigenvalue weighted by atomic mass is 9.80. The molecule has 1 N–H and O–H groups in total. The average molecular weight is 294 g/mol. The molecule has 0 spiro atoms. The van der Waals surface area contributed by atoms with Crippen molar-refractivity contribution in [2.75, 3.05) is 25.1 Å². The van der Waals surface area contributed by atoms with E-state index in [1.165, 1.54) is 13.2 Å². The quantitative estimate of drug-likeness (QED) is 0.676. The van der Waals surface area contributed by atoms with Gasteiger partial charge in [0.2, 0.25) is 0 Å². The van der Waals surface area contributed by atoms with E-state index < -0.39 is 16.3 Å². The van der Waals surface area contributed by atoms with E-state index in [4.69, 9.17) is 4.74 Å². The van der Waals surface area contributed by atoms with Gasteiger partial charge in [0.25, 0.3) is 0 Å². The van der Waals surface area contributed by atoms with Gasteiger partial charge in [0.1, 0.15) is 0 Å². The Labute approximate surface area is 122 Å². The molecule has 0 aromatic heterocycles. The molecule has 0 amide bonds. The van der Waals surface area contributed by atoms with Crippen LogP contribution in [0.3, 0.4) is 0 Å². The fraction of sp³-hybridized carbons (Fsp3) is 0.500. The highest BCUT2D eigenvalue weighted by atomic mass is 16.6. The lowest BCUT2D eigenvalue weighted by molar-refractivity contribution is -0.385. The number of hydrogen-bond acceptors (Lipinski definition) is 5. The number of methoxy groups -OCH3 is 1. The summed E-state index contributed by atoms with van der Waals surface area (Å²) in [5.74, 6) is -0.563. The number of rotatable bonds is 4. The first-order valence-corrected chi connectivity index (χ1v) is 6.68. The monoisotopic (exact) mass is 294 g/mol. The number of piperidine rings is 1. The van der Waals surface area contributed by atoms with Crippen molar-refractivity contribution in [2.24, 2.45) is 5.41 Å². The van der Waals surface area contributed by atoms with E-state index in [-0.39, 0.29) is 11.4 Å². The van der Waals surface area contributed by atoms with Crippen LogP contribution in [0.25, 0.3) is 0 Å². The lowest BCUT2D eigenvalue weighted by Gasteiger charge is -2.37. The van der Waals surface area contributed by atoms with Crippen molar-refractivity contribution in [2.45, 2.75) is 19.8 Å². The Kier molecular flexibility index (Phi) is 4.02. The highest BCUT2D eigenvalue weighted by Crippen LogP contribution is 2.36. The van der Waals surface area contributed by atoms with Crippen LogP contribution in [0.15, 0.2) is 18.2 Å². The molecule has 1 aliphatic heterocycles. The van der Waals surface area contributed by atoms with Crippen LogP contribution >= 0.6 is 0 Å². The topological polar surface area (TPSA) is 92.9 Å². The molecular weight excluding hydrogens is 276 g/mol. The largest absolute Gasteiger partial charge is 0.490 e. The molecule has 0 aliphatic carbocycles. The Morgan fingerprint density at radius 1 is 1.43 bits per heavy atom. The Morgan fingerprint density at radius 2 is 2.05 bits per heavy atom. The SMILES string of the molecule is COc1cc(N2CCC(C)(C(=O)O)CC2)ccc1[N+](=O)[O-]. The van der Waals surface area contributed by atoms with Crippen LogP contribution in [-0.4, -0.2) is 36.2 Å². The molecule has 1 aliphatic rings. The summed E-state index contributed by atoms with van der Waals surface area (Å²) in [6.45, 7) is 2.95. The molecule has 21 heavy (non-hydrogen) atoms. The second-order valence-electron chi connectivity index (χ2n) is 5.47. The number of aliphatic carboxylic acids is 1. The molecular formula is C14H18N2O5. The van der Waals surface area contributed by atoms with E-state index in [1.54, 1.807) is 19.1 Å². The van der Waals surface area contributed by atoms with Crippen molar-refractivity contribution in [1.82, 2.24) is 0 Å². The van der Waals surface area contributed by atoms with Crippen LogP contribution in [0, 0.1) is 15.5 Å². The first-order chi connectivity index (χ1) is 9.87. The number of ether oxygens (including phenoxy) is 1. The lowest BCUT2D eigenvalue weighted by Crippen LogP contribution is -2.42. The summed E-state index contributed by atoms with van der Waals surface area (Å²) >= 11 is 0. The fourth-order valence-corrected chi connectivity index (χ4v) is 2.49. The van der Waals surface area contributed by atoms with Crippen molar-refractivity contribution in [3.8, 4) is 5.75 Å². The third-order valence-electron chi connectivity index (χ3n) is 4.11. The van der Waals surface area contributed by atoms with E-state index in [2.05, 4.69) is 0 Å². The number of carboxylic acid groups (broad SMARTS) is 1. The summed E-state index contributed by atoms with van der Waals surface area (Å²) in [4.78, 5) is 23.6. The molecule has 2 rings (SSSR count). The van der Waals surface area contributed by atoms with Gasteiger partial charge < -0.3 is 14.7 Å². The maximum absolute atomic E-state index is 11.2. The second-order valence-corrected chi connectivity index (χ2v) is 5.47. The number of carbonyl (C=O) groups is 1. The van der Waals surface area contributed by atoms with Gasteiger partial charge in [0, 0.05) is 30.9 Å². The smallest absolute Gasteiger partial charge is 0.311 e. The first kappa shape index (κ1) is 15.1. The first-order valence-electron chi connectivity index (χ1n) is 6.68. The molecule has 114 valence electrons.